The van der Waals surface area contributed by atoms with Crippen LogP contribution in [0.3, 0.4) is 0 Å². The minimum Gasteiger partial charge on any atom is -0.497 e. The summed E-state index contributed by atoms with van der Waals surface area (Å²) < 4.78 is 13.0. The van der Waals surface area contributed by atoms with E-state index in [2.05, 4.69) is 45.3 Å². The molecule has 0 spiro atoms. The molecule has 9 heteroatoms. The van der Waals surface area contributed by atoms with Crippen molar-refractivity contribution in [3.05, 3.63) is 80.9 Å². The van der Waals surface area contributed by atoms with Crippen LogP contribution in [0.5, 0.6) is 5.75 Å². The van der Waals surface area contributed by atoms with Crippen LogP contribution in [0.4, 0.5) is 0 Å². The molecule has 1 saturated heterocycles. The van der Waals surface area contributed by atoms with Gasteiger partial charge in [0.2, 0.25) is 0 Å². The van der Waals surface area contributed by atoms with Crippen LogP contribution in [0.25, 0.3) is 10.9 Å². The molecule has 0 radical (unpaired) electrons. The topological polar surface area (TPSA) is 98.2 Å². The highest BCUT2D eigenvalue weighted by molar-refractivity contribution is 5.80. The van der Waals surface area contributed by atoms with Crippen LogP contribution in [0, 0.1) is 13.8 Å². The second-order valence-corrected chi connectivity index (χ2v) is 9.55. The lowest BCUT2D eigenvalue weighted by atomic mass is 10.0. The van der Waals surface area contributed by atoms with Gasteiger partial charge in [0, 0.05) is 30.8 Å². The van der Waals surface area contributed by atoms with E-state index >= 15 is 0 Å². The maximum atomic E-state index is 13.0. The van der Waals surface area contributed by atoms with Crippen LogP contribution in [0.2, 0.25) is 0 Å². The molecule has 0 bridgehead atoms. The van der Waals surface area contributed by atoms with Crippen molar-refractivity contribution < 1.29 is 9.47 Å². The predicted molar refractivity (Wildman–Crippen MR) is 137 cm³/mol. The van der Waals surface area contributed by atoms with Gasteiger partial charge in [0.05, 0.1) is 26.3 Å². The Labute approximate surface area is 210 Å². The summed E-state index contributed by atoms with van der Waals surface area (Å²) in [6, 6.07) is 14.0. The number of nitrogens with one attached hydrogen (secondary N) is 1. The van der Waals surface area contributed by atoms with Crippen LogP contribution in [-0.2, 0) is 24.4 Å². The molecule has 0 unspecified atom stereocenters. The second kappa shape index (κ2) is 10.6. The smallest absolute Gasteiger partial charge is 0.252 e. The molecule has 36 heavy (non-hydrogen) atoms. The average molecular weight is 489 g/mol. The number of hydrogen-bond acceptors (Lipinski definition) is 7. The minimum atomic E-state index is -0.0686. The molecular weight excluding hydrogens is 456 g/mol. The molecule has 3 heterocycles. The van der Waals surface area contributed by atoms with Crippen molar-refractivity contribution in [1.29, 1.82) is 0 Å². The SMILES string of the molecule is COc1ccc(Cn2nnnc2CN(Cc2cc3cc(C)c(C)cc3[nH]c2=O)C[C@H]2CCCO2)cc1. The van der Waals surface area contributed by atoms with Gasteiger partial charge in [-0.3, -0.25) is 9.69 Å². The standard InChI is InChI=1S/C27H32N6O3/c1-18-11-21-13-22(27(34)28-25(21)12-19(18)2)15-32(16-24-5-4-10-36-24)17-26-29-30-31-33(26)14-20-6-8-23(35-3)9-7-20/h6-9,11-13,24H,4-5,10,14-17H2,1-3H3,(H,28,34)/t24-/m1/s1. The van der Waals surface area contributed by atoms with Crippen LogP contribution in [-0.4, -0.2) is 56.5 Å². The van der Waals surface area contributed by atoms with E-state index in [4.69, 9.17) is 9.47 Å². The van der Waals surface area contributed by atoms with Crippen LogP contribution in [0.1, 0.15) is 40.9 Å². The molecule has 0 aliphatic carbocycles. The number of ether oxygens (including phenoxy) is 2. The van der Waals surface area contributed by atoms with E-state index in [1.54, 1.807) is 11.8 Å². The summed E-state index contributed by atoms with van der Waals surface area (Å²) in [5.74, 6) is 1.55. The number of hydrogen-bond donors (Lipinski definition) is 1. The normalized spacial score (nSPS) is 15.7. The molecule has 5 rings (SSSR count). The van der Waals surface area contributed by atoms with Crippen molar-refractivity contribution in [3.8, 4) is 5.75 Å². The number of nitrogens with zero attached hydrogens (tertiary/aromatic N) is 5. The summed E-state index contributed by atoms with van der Waals surface area (Å²) in [5, 5.41) is 13.5. The summed E-state index contributed by atoms with van der Waals surface area (Å²) in [5.41, 5.74) is 4.95. The van der Waals surface area contributed by atoms with E-state index in [1.165, 1.54) is 5.56 Å². The van der Waals surface area contributed by atoms with E-state index in [-0.39, 0.29) is 11.7 Å². The molecule has 1 aliphatic heterocycles. The maximum absolute atomic E-state index is 13.0. The molecule has 1 fully saturated rings. The molecule has 9 nitrogen and oxygen atoms in total. The Bertz CT molecular complexity index is 1390. The van der Waals surface area contributed by atoms with Gasteiger partial charge in [-0.1, -0.05) is 12.1 Å². The third-order valence-corrected chi connectivity index (χ3v) is 6.88. The zero-order chi connectivity index (χ0) is 25.1. The number of fused-ring (bicyclic) bond motifs is 1. The van der Waals surface area contributed by atoms with Gasteiger partial charge in [-0.25, -0.2) is 4.68 Å². The Morgan fingerprint density at radius 2 is 1.94 bits per heavy atom. The van der Waals surface area contributed by atoms with E-state index in [0.717, 1.165) is 58.6 Å². The average Bonchev–Trinajstić information content (AvgIpc) is 3.54. The Morgan fingerprint density at radius 3 is 2.69 bits per heavy atom. The lowest BCUT2D eigenvalue weighted by molar-refractivity contribution is 0.0663. The maximum Gasteiger partial charge on any atom is 0.252 e. The Morgan fingerprint density at radius 1 is 1.14 bits per heavy atom. The largest absolute Gasteiger partial charge is 0.497 e. The van der Waals surface area contributed by atoms with Gasteiger partial charge in [0.25, 0.3) is 5.56 Å². The first kappa shape index (κ1) is 24.1. The van der Waals surface area contributed by atoms with Crippen LogP contribution >= 0.6 is 0 Å². The highest BCUT2D eigenvalue weighted by Crippen LogP contribution is 2.20. The second-order valence-electron chi connectivity index (χ2n) is 9.55. The number of pyridine rings is 1. The molecule has 1 aliphatic rings. The minimum absolute atomic E-state index is 0.0686. The summed E-state index contributed by atoms with van der Waals surface area (Å²) in [4.78, 5) is 18.3. The highest BCUT2D eigenvalue weighted by Gasteiger charge is 2.22. The predicted octanol–water partition coefficient (Wildman–Crippen LogP) is 3.37. The summed E-state index contributed by atoms with van der Waals surface area (Å²) >= 11 is 0. The molecule has 1 N–H and O–H groups in total. The fourth-order valence-electron chi connectivity index (χ4n) is 4.70. The van der Waals surface area contributed by atoms with Gasteiger partial charge < -0.3 is 14.5 Å². The number of methoxy groups -OCH3 is 1. The van der Waals surface area contributed by atoms with E-state index in [0.29, 0.717) is 26.2 Å². The summed E-state index contributed by atoms with van der Waals surface area (Å²) in [6.45, 7) is 7.17. The zero-order valence-corrected chi connectivity index (χ0v) is 21.0. The van der Waals surface area contributed by atoms with Gasteiger partial charge in [-0.15, -0.1) is 5.10 Å². The first-order valence-electron chi connectivity index (χ1n) is 12.3. The van der Waals surface area contributed by atoms with E-state index in [9.17, 15) is 4.79 Å². The number of aromatic nitrogens is 5. The van der Waals surface area contributed by atoms with Crippen molar-refractivity contribution in [2.75, 3.05) is 20.3 Å². The first-order chi connectivity index (χ1) is 17.5. The van der Waals surface area contributed by atoms with Crippen LogP contribution in [0.15, 0.2) is 47.3 Å². The molecule has 0 saturated carbocycles. The summed E-state index contributed by atoms with van der Waals surface area (Å²) in [6.07, 6.45) is 2.21. The van der Waals surface area contributed by atoms with Crippen molar-refractivity contribution >= 4 is 10.9 Å². The highest BCUT2D eigenvalue weighted by atomic mass is 16.5. The lowest BCUT2D eigenvalue weighted by Gasteiger charge is -2.24. The number of H-pyrrole nitrogens is 1. The van der Waals surface area contributed by atoms with E-state index < -0.39 is 0 Å². The molecular formula is C27H32N6O3. The van der Waals surface area contributed by atoms with Crippen molar-refractivity contribution in [3.63, 3.8) is 0 Å². The van der Waals surface area contributed by atoms with Gasteiger partial charge in [-0.05, 0) is 89.5 Å². The van der Waals surface area contributed by atoms with Gasteiger partial charge in [0.15, 0.2) is 5.82 Å². The van der Waals surface area contributed by atoms with Gasteiger partial charge in [0.1, 0.15) is 5.75 Å². The first-order valence-corrected chi connectivity index (χ1v) is 12.3. The third-order valence-electron chi connectivity index (χ3n) is 6.88. The molecule has 188 valence electrons. The van der Waals surface area contributed by atoms with Gasteiger partial charge in [-0.2, -0.15) is 0 Å². The summed E-state index contributed by atoms with van der Waals surface area (Å²) in [7, 11) is 1.65. The number of aromatic amines is 1. The fraction of sp³-hybridized carbons (Fsp3) is 0.407. The van der Waals surface area contributed by atoms with Crippen molar-refractivity contribution in [2.24, 2.45) is 0 Å². The fourth-order valence-corrected chi connectivity index (χ4v) is 4.70. The molecule has 2 aromatic heterocycles. The molecule has 2 aromatic carbocycles. The Kier molecular flexibility index (Phi) is 7.11. The zero-order valence-electron chi connectivity index (χ0n) is 21.0. The van der Waals surface area contributed by atoms with Crippen molar-refractivity contribution in [1.82, 2.24) is 30.1 Å². The van der Waals surface area contributed by atoms with Crippen molar-refractivity contribution in [2.45, 2.75) is 52.4 Å². The molecule has 1 atom stereocenters. The number of rotatable bonds is 9. The Balaban J connectivity index is 1.39. The van der Waals surface area contributed by atoms with E-state index in [1.807, 2.05) is 36.4 Å². The quantitative estimate of drug-likeness (QED) is 0.386. The van der Waals surface area contributed by atoms with Gasteiger partial charge >= 0.3 is 0 Å². The number of tetrazole rings is 1. The van der Waals surface area contributed by atoms with Crippen LogP contribution < -0.4 is 10.3 Å². The molecule has 4 aromatic rings. The number of benzene rings is 2. The lowest BCUT2D eigenvalue weighted by Crippen LogP contribution is -2.34. The Hall–Kier alpha value is -3.56. The molecule has 0 amide bonds. The monoisotopic (exact) mass is 488 g/mol. The third kappa shape index (κ3) is 5.47. The number of aryl methyl sites for hydroxylation is 2.